The summed E-state index contributed by atoms with van der Waals surface area (Å²) in [5.74, 6) is -0.720. The molecule has 1 rings (SSSR count). The van der Waals surface area contributed by atoms with Gasteiger partial charge < -0.3 is 4.74 Å². The van der Waals surface area contributed by atoms with Crippen molar-refractivity contribution in [1.29, 1.82) is 0 Å². The highest BCUT2D eigenvalue weighted by Crippen LogP contribution is 2.17. The van der Waals surface area contributed by atoms with Crippen LogP contribution in [-0.4, -0.2) is 24.0 Å². The Bertz CT molecular complexity index is 459. The third-order valence-electron chi connectivity index (χ3n) is 3.33. The summed E-state index contributed by atoms with van der Waals surface area (Å²) in [4.78, 5) is 24.0. The Morgan fingerprint density at radius 2 is 1.85 bits per heavy atom. The highest BCUT2D eigenvalue weighted by atomic mass is 16.5. The molecule has 0 saturated carbocycles. The van der Waals surface area contributed by atoms with Gasteiger partial charge in [-0.3, -0.25) is 10.2 Å². The highest BCUT2D eigenvalue weighted by Gasteiger charge is 2.38. The first-order chi connectivity index (χ1) is 9.41. The molecule has 1 atom stereocenters. The van der Waals surface area contributed by atoms with Crippen molar-refractivity contribution in [3.05, 3.63) is 35.9 Å². The molecule has 2 N–H and O–H groups in total. The highest BCUT2D eigenvalue weighted by molar-refractivity contribution is 5.94. The zero-order valence-electron chi connectivity index (χ0n) is 12.4. The average molecular weight is 278 g/mol. The number of rotatable bonds is 6. The number of carbonyl (C=O) groups excluding carboxylic acids is 2. The van der Waals surface area contributed by atoms with Gasteiger partial charge in [0.1, 0.15) is 5.54 Å². The van der Waals surface area contributed by atoms with Crippen LogP contribution in [0.1, 0.15) is 38.1 Å². The molecule has 5 heteroatoms. The second-order valence-corrected chi connectivity index (χ2v) is 5.02. The predicted octanol–water partition coefficient (Wildman–Crippen LogP) is 1.90. The topological polar surface area (TPSA) is 67.4 Å². The lowest BCUT2D eigenvalue weighted by molar-refractivity contribution is -0.152. The van der Waals surface area contributed by atoms with Crippen LogP contribution < -0.4 is 10.9 Å². The molecule has 0 spiro atoms. The van der Waals surface area contributed by atoms with Crippen molar-refractivity contribution < 1.29 is 14.3 Å². The molecule has 0 radical (unpaired) electrons. The largest absolute Gasteiger partial charge is 0.465 e. The molecule has 0 saturated heterocycles. The fourth-order valence-electron chi connectivity index (χ4n) is 1.56. The fraction of sp³-hybridized carbons (Fsp3) is 0.467. The van der Waals surface area contributed by atoms with E-state index in [1.54, 1.807) is 38.1 Å². The second kappa shape index (κ2) is 7.05. The van der Waals surface area contributed by atoms with E-state index in [9.17, 15) is 9.59 Å². The number of amides is 1. The number of esters is 1. The summed E-state index contributed by atoms with van der Waals surface area (Å²) >= 11 is 0. The van der Waals surface area contributed by atoms with Crippen LogP contribution in [0.5, 0.6) is 0 Å². The smallest absolute Gasteiger partial charge is 0.328 e. The predicted molar refractivity (Wildman–Crippen MR) is 76.9 cm³/mol. The van der Waals surface area contributed by atoms with Crippen LogP contribution >= 0.6 is 0 Å². The molecule has 5 nitrogen and oxygen atoms in total. The zero-order valence-corrected chi connectivity index (χ0v) is 12.4. The van der Waals surface area contributed by atoms with Gasteiger partial charge in [-0.05, 0) is 31.9 Å². The number of carbonyl (C=O) groups is 2. The maximum Gasteiger partial charge on any atom is 0.328 e. The lowest BCUT2D eigenvalue weighted by atomic mass is 9.89. The van der Waals surface area contributed by atoms with Crippen molar-refractivity contribution >= 4 is 11.9 Å². The van der Waals surface area contributed by atoms with Crippen LogP contribution in [0.3, 0.4) is 0 Å². The van der Waals surface area contributed by atoms with Crippen molar-refractivity contribution in [3.8, 4) is 0 Å². The second-order valence-electron chi connectivity index (χ2n) is 5.02. The Labute approximate surface area is 119 Å². The molecule has 1 aromatic rings. The normalized spacial score (nSPS) is 13.7. The van der Waals surface area contributed by atoms with Crippen LogP contribution in [-0.2, 0) is 9.53 Å². The minimum atomic E-state index is -0.972. The van der Waals surface area contributed by atoms with E-state index in [4.69, 9.17) is 4.74 Å². The first-order valence-corrected chi connectivity index (χ1v) is 6.71. The molecule has 0 aliphatic carbocycles. The maximum atomic E-state index is 12.0. The van der Waals surface area contributed by atoms with E-state index in [1.165, 1.54) is 0 Å². The summed E-state index contributed by atoms with van der Waals surface area (Å²) < 4.78 is 5.05. The van der Waals surface area contributed by atoms with Gasteiger partial charge in [-0.15, -0.1) is 0 Å². The molecule has 110 valence electrons. The molecular formula is C15H22N2O3. The Kier molecular flexibility index (Phi) is 5.70. The van der Waals surface area contributed by atoms with Crippen LogP contribution in [0.15, 0.2) is 30.3 Å². The minimum Gasteiger partial charge on any atom is -0.465 e. The van der Waals surface area contributed by atoms with E-state index in [-0.39, 0.29) is 17.8 Å². The Hall–Kier alpha value is -1.88. The molecule has 0 aliphatic heterocycles. The molecule has 0 fully saturated rings. The standard InChI is InChI=1S/C15H22N2O3/c1-5-20-14(19)15(4,11(2)3)17-16-13(18)12-9-7-6-8-10-12/h6-11,17H,5H2,1-4H3,(H,16,18)/t15-/m1/s1. The van der Waals surface area contributed by atoms with Crippen molar-refractivity contribution in [2.45, 2.75) is 33.2 Å². The summed E-state index contributed by atoms with van der Waals surface area (Å²) in [6.45, 7) is 7.54. The minimum absolute atomic E-state index is 0.0439. The van der Waals surface area contributed by atoms with Gasteiger partial charge in [-0.2, -0.15) is 0 Å². The number of hydrazine groups is 1. The van der Waals surface area contributed by atoms with E-state index in [1.807, 2.05) is 19.9 Å². The third-order valence-corrected chi connectivity index (χ3v) is 3.33. The van der Waals surface area contributed by atoms with Gasteiger partial charge in [0.25, 0.3) is 5.91 Å². The summed E-state index contributed by atoms with van der Waals surface area (Å²) in [7, 11) is 0. The van der Waals surface area contributed by atoms with Crippen molar-refractivity contribution in [1.82, 2.24) is 10.9 Å². The number of nitrogens with one attached hydrogen (secondary N) is 2. The molecule has 0 aromatic heterocycles. The monoisotopic (exact) mass is 278 g/mol. The Morgan fingerprint density at radius 1 is 1.25 bits per heavy atom. The van der Waals surface area contributed by atoms with Gasteiger partial charge in [0, 0.05) is 5.56 Å². The maximum absolute atomic E-state index is 12.0. The van der Waals surface area contributed by atoms with Crippen molar-refractivity contribution in [2.75, 3.05) is 6.61 Å². The van der Waals surface area contributed by atoms with Gasteiger partial charge in [0.15, 0.2) is 0 Å². The Morgan fingerprint density at radius 3 is 2.35 bits per heavy atom. The molecule has 1 amide bonds. The third kappa shape index (κ3) is 3.81. The number of hydrogen-bond acceptors (Lipinski definition) is 4. The lowest BCUT2D eigenvalue weighted by Crippen LogP contribution is -2.60. The quantitative estimate of drug-likeness (QED) is 0.616. The Balaban J connectivity index is 2.73. The molecular weight excluding hydrogens is 256 g/mol. The molecule has 0 bridgehead atoms. The SMILES string of the molecule is CCOC(=O)[C@](C)(NNC(=O)c1ccccc1)C(C)C. The van der Waals surface area contributed by atoms with Crippen molar-refractivity contribution in [2.24, 2.45) is 5.92 Å². The average Bonchev–Trinajstić information content (AvgIpc) is 2.45. The summed E-state index contributed by atoms with van der Waals surface area (Å²) in [5, 5.41) is 0. The van der Waals surface area contributed by atoms with Crippen molar-refractivity contribution in [3.63, 3.8) is 0 Å². The first-order valence-electron chi connectivity index (χ1n) is 6.71. The van der Waals surface area contributed by atoms with Crippen LogP contribution in [0.2, 0.25) is 0 Å². The van der Waals surface area contributed by atoms with Gasteiger partial charge in [-0.25, -0.2) is 10.2 Å². The molecule has 0 unspecified atom stereocenters. The molecule has 20 heavy (non-hydrogen) atoms. The number of benzene rings is 1. The van der Waals surface area contributed by atoms with E-state index in [2.05, 4.69) is 10.9 Å². The summed E-state index contributed by atoms with van der Waals surface area (Å²) in [6, 6.07) is 8.80. The fourth-order valence-corrected chi connectivity index (χ4v) is 1.56. The molecule has 0 heterocycles. The van der Waals surface area contributed by atoms with Gasteiger partial charge in [-0.1, -0.05) is 32.0 Å². The lowest BCUT2D eigenvalue weighted by Gasteiger charge is -2.32. The van der Waals surface area contributed by atoms with E-state index in [0.717, 1.165) is 0 Å². The first kappa shape index (κ1) is 16.2. The summed E-state index contributed by atoms with van der Waals surface area (Å²) in [6.07, 6.45) is 0. The molecule has 1 aromatic carbocycles. The molecule has 0 aliphatic rings. The van der Waals surface area contributed by atoms with E-state index in [0.29, 0.717) is 12.2 Å². The van der Waals surface area contributed by atoms with Crippen LogP contribution in [0.4, 0.5) is 0 Å². The van der Waals surface area contributed by atoms with Gasteiger partial charge >= 0.3 is 5.97 Å². The van der Waals surface area contributed by atoms with Gasteiger partial charge in [0.2, 0.25) is 0 Å². The van der Waals surface area contributed by atoms with Crippen LogP contribution in [0, 0.1) is 5.92 Å². The zero-order chi connectivity index (χ0) is 15.2. The summed E-state index contributed by atoms with van der Waals surface area (Å²) in [5.41, 5.74) is 4.93. The van der Waals surface area contributed by atoms with E-state index >= 15 is 0 Å². The van der Waals surface area contributed by atoms with Gasteiger partial charge in [0.05, 0.1) is 6.61 Å². The van der Waals surface area contributed by atoms with E-state index < -0.39 is 5.54 Å². The van der Waals surface area contributed by atoms with Crippen LogP contribution in [0.25, 0.3) is 0 Å². The number of hydrogen-bond donors (Lipinski definition) is 2. The number of ether oxygens (including phenoxy) is 1.